The first kappa shape index (κ1) is 63.6. The Kier molecular flexibility index (Phi) is 52.4. The van der Waals surface area contributed by atoms with Crippen LogP contribution in [-0.2, 0) is 28.6 Å². The molecule has 0 aliphatic heterocycles. The van der Waals surface area contributed by atoms with Gasteiger partial charge in [0.25, 0.3) is 0 Å². The third kappa shape index (κ3) is 53.4. The minimum atomic E-state index is -0.790. The van der Waals surface area contributed by atoms with Crippen LogP contribution in [0.15, 0.2) is 85.1 Å². The van der Waals surface area contributed by atoms with E-state index in [1.54, 1.807) is 0 Å². The Morgan fingerprint density at radius 1 is 0.313 bits per heavy atom. The van der Waals surface area contributed by atoms with Crippen molar-refractivity contribution in [1.82, 2.24) is 0 Å². The molecular formula is C61H104O6. The first-order valence-corrected chi connectivity index (χ1v) is 28.1. The average Bonchev–Trinajstić information content (AvgIpc) is 3.33. The van der Waals surface area contributed by atoms with Crippen molar-refractivity contribution in [3.05, 3.63) is 85.1 Å². The molecule has 0 bridgehead atoms. The quantitative estimate of drug-likeness (QED) is 0.0262. The van der Waals surface area contributed by atoms with Crippen LogP contribution >= 0.6 is 0 Å². The van der Waals surface area contributed by atoms with Gasteiger partial charge in [0, 0.05) is 19.3 Å². The number of carbonyl (C=O) groups is 3. The van der Waals surface area contributed by atoms with Gasteiger partial charge in [0.05, 0.1) is 0 Å². The molecule has 384 valence electrons. The van der Waals surface area contributed by atoms with Gasteiger partial charge >= 0.3 is 17.9 Å². The van der Waals surface area contributed by atoms with Crippen LogP contribution in [-0.4, -0.2) is 37.2 Å². The summed E-state index contributed by atoms with van der Waals surface area (Å²) in [7, 11) is 0. The molecule has 0 radical (unpaired) electrons. The highest BCUT2D eigenvalue weighted by atomic mass is 16.6. The average molecular weight is 933 g/mol. The molecule has 0 amide bonds. The summed E-state index contributed by atoms with van der Waals surface area (Å²) in [5, 5.41) is 0. The summed E-state index contributed by atoms with van der Waals surface area (Å²) in [6.45, 7) is 6.44. The minimum Gasteiger partial charge on any atom is -0.462 e. The lowest BCUT2D eigenvalue weighted by Crippen LogP contribution is -2.30. The van der Waals surface area contributed by atoms with Gasteiger partial charge in [-0.15, -0.1) is 0 Å². The predicted molar refractivity (Wildman–Crippen MR) is 288 cm³/mol. The minimum absolute atomic E-state index is 0.0891. The van der Waals surface area contributed by atoms with E-state index >= 15 is 0 Å². The molecule has 0 rings (SSSR count). The molecule has 0 N–H and O–H groups in total. The second kappa shape index (κ2) is 55.2. The number of allylic oxidation sites excluding steroid dienone is 14. The van der Waals surface area contributed by atoms with E-state index in [2.05, 4.69) is 106 Å². The zero-order valence-electron chi connectivity index (χ0n) is 43.9. The van der Waals surface area contributed by atoms with E-state index in [-0.39, 0.29) is 31.1 Å². The molecule has 0 fully saturated rings. The third-order valence-corrected chi connectivity index (χ3v) is 11.8. The summed E-state index contributed by atoms with van der Waals surface area (Å²) < 4.78 is 16.8. The maximum absolute atomic E-state index is 12.8. The van der Waals surface area contributed by atoms with Crippen molar-refractivity contribution in [2.45, 2.75) is 271 Å². The van der Waals surface area contributed by atoms with Gasteiger partial charge in [0.15, 0.2) is 6.10 Å². The van der Waals surface area contributed by atoms with E-state index in [9.17, 15) is 14.4 Å². The monoisotopic (exact) mass is 933 g/mol. The van der Waals surface area contributed by atoms with E-state index in [1.165, 1.54) is 96.3 Å². The molecule has 6 nitrogen and oxygen atoms in total. The van der Waals surface area contributed by atoms with Crippen molar-refractivity contribution in [3.8, 4) is 0 Å². The molecule has 0 aliphatic rings. The van der Waals surface area contributed by atoms with Gasteiger partial charge in [-0.05, 0) is 109 Å². The molecule has 0 spiro atoms. The maximum Gasteiger partial charge on any atom is 0.306 e. The van der Waals surface area contributed by atoms with Crippen LogP contribution < -0.4 is 0 Å². The van der Waals surface area contributed by atoms with E-state index in [0.717, 1.165) is 128 Å². The molecule has 0 aromatic rings. The normalized spacial score (nSPS) is 12.7. The molecule has 6 heteroatoms. The van der Waals surface area contributed by atoms with Crippen molar-refractivity contribution in [2.75, 3.05) is 13.2 Å². The zero-order valence-corrected chi connectivity index (χ0v) is 43.9. The fourth-order valence-corrected chi connectivity index (χ4v) is 7.64. The van der Waals surface area contributed by atoms with E-state index in [0.29, 0.717) is 19.3 Å². The van der Waals surface area contributed by atoms with Crippen molar-refractivity contribution < 1.29 is 28.6 Å². The third-order valence-electron chi connectivity index (χ3n) is 11.8. The predicted octanol–water partition coefficient (Wildman–Crippen LogP) is 18.8. The maximum atomic E-state index is 12.8. The Labute approximate surface area is 414 Å². The van der Waals surface area contributed by atoms with Gasteiger partial charge in [0.1, 0.15) is 13.2 Å². The number of carbonyl (C=O) groups excluding carboxylic acids is 3. The summed E-state index contributed by atoms with van der Waals surface area (Å²) in [6.07, 6.45) is 71.5. The fraction of sp³-hybridized carbons (Fsp3) is 0.721. The van der Waals surface area contributed by atoms with E-state index in [4.69, 9.17) is 14.2 Å². The topological polar surface area (TPSA) is 78.9 Å². The zero-order chi connectivity index (χ0) is 48.6. The van der Waals surface area contributed by atoms with Gasteiger partial charge in [0.2, 0.25) is 0 Å². The number of hydrogen-bond donors (Lipinski definition) is 0. The molecule has 0 aliphatic carbocycles. The molecule has 0 aromatic carbocycles. The Morgan fingerprint density at radius 2 is 0.612 bits per heavy atom. The van der Waals surface area contributed by atoms with Gasteiger partial charge in [-0.25, -0.2) is 0 Å². The standard InChI is InChI=1S/C61H104O6/c1-4-7-10-13-16-19-22-24-26-28-30-31-32-34-35-37-39-42-45-48-51-54-60(63)66-57-58(56-65-59(62)53-50-47-44-41-21-18-15-12-9-6-3)67-61(64)55-52-49-46-43-40-38-36-33-29-27-25-23-20-17-14-11-8-5-2/h7,10,12,15-16,19,24,26-27,29-31,34-35,58H,4-6,8-9,11,13-14,17-18,20-23,25,28,32-33,36-57H2,1-3H3/b10-7-,15-12-,19-16-,26-24-,29-27-,31-30-,35-34-. The molecule has 67 heavy (non-hydrogen) atoms. The fourth-order valence-electron chi connectivity index (χ4n) is 7.64. The summed E-state index contributed by atoms with van der Waals surface area (Å²) >= 11 is 0. The summed E-state index contributed by atoms with van der Waals surface area (Å²) in [6, 6.07) is 0. The highest BCUT2D eigenvalue weighted by molar-refractivity contribution is 5.71. The van der Waals surface area contributed by atoms with E-state index < -0.39 is 6.10 Å². The number of esters is 3. The van der Waals surface area contributed by atoms with Crippen molar-refractivity contribution in [1.29, 1.82) is 0 Å². The Morgan fingerprint density at radius 3 is 0.985 bits per heavy atom. The van der Waals surface area contributed by atoms with Crippen LogP contribution in [0.5, 0.6) is 0 Å². The van der Waals surface area contributed by atoms with Gasteiger partial charge in [-0.3, -0.25) is 14.4 Å². The van der Waals surface area contributed by atoms with Crippen LogP contribution in [0.25, 0.3) is 0 Å². The first-order valence-electron chi connectivity index (χ1n) is 28.1. The first-order chi connectivity index (χ1) is 33.0. The van der Waals surface area contributed by atoms with Crippen LogP contribution in [0.3, 0.4) is 0 Å². The molecule has 0 aromatic heterocycles. The highest BCUT2D eigenvalue weighted by Gasteiger charge is 2.19. The molecular weight excluding hydrogens is 829 g/mol. The lowest BCUT2D eigenvalue weighted by Gasteiger charge is -2.18. The summed E-state index contributed by atoms with van der Waals surface area (Å²) in [5.41, 5.74) is 0. The lowest BCUT2D eigenvalue weighted by atomic mass is 10.1. The van der Waals surface area contributed by atoms with Crippen LogP contribution in [0.4, 0.5) is 0 Å². The Hall–Kier alpha value is -3.41. The largest absolute Gasteiger partial charge is 0.462 e. The number of unbranched alkanes of at least 4 members (excludes halogenated alkanes) is 25. The van der Waals surface area contributed by atoms with Gasteiger partial charge < -0.3 is 14.2 Å². The highest BCUT2D eigenvalue weighted by Crippen LogP contribution is 2.14. The molecule has 1 atom stereocenters. The summed E-state index contributed by atoms with van der Waals surface area (Å²) in [4.78, 5) is 38.0. The van der Waals surface area contributed by atoms with Crippen LogP contribution in [0.2, 0.25) is 0 Å². The smallest absolute Gasteiger partial charge is 0.306 e. The summed E-state index contributed by atoms with van der Waals surface area (Å²) in [5.74, 6) is -0.920. The molecule has 0 heterocycles. The second-order valence-corrected chi connectivity index (χ2v) is 18.5. The number of hydrogen-bond acceptors (Lipinski definition) is 6. The number of ether oxygens (including phenoxy) is 3. The molecule has 0 saturated carbocycles. The van der Waals surface area contributed by atoms with Crippen molar-refractivity contribution in [2.24, 2.45) is 0 Å². The number of rotatable bonds is 50. The van der Waals surface area contributed by atoms with Crippen molar-refractivity contribution in [3.63, 3.8) is 0 Å². The van der Waals surface area contributed by atoms with Crippen molar-refractivity contribution >= 4 is 17.9 Å². The molecule has 1 unspecified atom stereocenters. The SMILES string of the molecule is CC/C=C\C/C=C\C/C=C\C/C=C\C/C=C\CCCCCCCC(=O)OCC(COC(=O)CCCCCCC/C=C\CCC)OC(=O)CCCCCCCCC/C=C\CCCCCCCCC. The van der Waals surface area contributed by atoms with E-state index in [1.807, 2.05) is 0 Å². The van der Waals surface area contributed by atoms with Gasteiger partial charge in [-0.2, -0.15) is 0 Å². The lowest BCUT2D eigenvalue weighted by molar-refractivity contribution is -0.167. The van der Waals surface area contributed by atoms with Crippen LogP contribution in [0.1, 0.15) is 265 Å². The van der Waals surface area contributed by atoms with Gasteiger partial charge in [-0.1, -0.05) is 221 Å². The Bertz CT molecular complexity index is 1300. The van der Waals surface area contributed by atoms with Crippen LogP contribution in [0, 0.1) is 0 Å². The second-order valence-electron chi connectivity index (χ2n) is 18.5. The molecule has 0 saturated heterocycles. The Balaban J connectivity index is 4.36.